The zero-order valence-corrected chi connectivity index (χ0v) is 11.1. The lowest BCUT2D eigenvalue weighted by atomic mass is 9.96. The van der Waals surface area contributed by atoms with Crippen LogP contribution in [-0.4, -0.2) is 22.0 Å². The summed E-state index contributed by atoms with van der Waals surface area (Å²) in [4.78, 5) is 4.50. The van der Waals surface area contributed by atoms with E-state index in [1.165, 1.54) is 11.4 Å². The normalized spacial score (nSPS) is 31.3. The van der Waals surface area contributed by atoms with E-state index in [2.05, 4.69) is 36.5 Å². The predicted molar refractivity (Wildman–Crippen MR) is 68.6 cm³/mol. The minimum Gasteiger partial charge on any atom is -0.302 e. The summed E-state index contributed by atoms with van der Waals surface area (Å²) >= 11 is 3.82. The molecule has 2 heterocycles. The van der Waals surface area contributed by atoms with Crippen molar-refractivity contribution in [3.05, 3.63) is 16.6 Å². The monoisotopic (exact) mass is 242 g/mol. The number of nitrogens with one attached hydrogen (secondary N) is 1. The van der Waals surface area contributed by atoms with Gasteiger partial charge in [-0.2, -0.15) is 11.8 Å². The second-order valence-electron chi connectivity index (χ2n) is 4.54. The molecule has 0 radical (unpaired) electrons. The lowest BCUT2D eigenvalue weighted by molar-refractivity contribution is 0.331. The highest BCUT2D eigenvalue weighted by molar-refractivity contribution is 8.00. The molecule has 0 bridgehead atoms. The highest BCUT2D eigenvalue weighted by Crippen LogP contribution is 2.42. The summed E-state index contributed by atoms with van der Waals surface area (Å²) in [7, 11) is 0. The third kappa shape index (κ3) is 2.37. The zero-order chi connectivity index (χ0) is 10.9. The Morgan fingerprint density at radius 3 is 2.87 bits per heavy atom. The van der Waals surface area contributed by atoms with Crippen molar-refractivity contribution in [1.82, 2.24) is 10.3 Å². The topological polar surface area (TPSA) is 24.9 Å². The number of hydrogen-bond acceptors (Lipinski definition) is 4. The highest BCUT2D eigenvalue weighted by atomic mass is 32.2. The molecule has 0 aliphatic carbocycles. The summed E-state index contributed by atoms with van der Waals surface area (Å²) < 4.78 is 0. The fraction of sp³-hybridized carbons (Fsp3) is 0.727. The van der Waals surface area contributed by atoms with E-state index in [0.29, 0.717) is 6.04 Å². The van der Waals surface area contributed by atoms with E-state index in [9.17, 15) is 0 Å². The minimum atomic E-state index is 0.131. The zero-order valence-electron chi connectivity index (χ0n) is 9.49. The number of hydrogen-bond donors (Lipinski definition) is 1. The van der Waals surface area contributed by atoms with Crippen LogP contribution in [0.2, 0.25) is 0 Å². The molecule has 2 nitrogen and oxygen atoms in total. The minimum absolute atomic E-state index is 0.131. The number of thioether (sulfide) groups is 1. The molecule has 1 aromatic rings. The van der Waals surface area contributed by atoms with E-state index in [4.69, 9.17) is 0 Å². The Balaban J connectivity index is 2.24. The van der Waals surface area contributed by atoms with Gasteiger partial charge in [-0.1, -0.05) is 6.92 Å². The first-order valence-corrected chi connectivity index (χ1v) is 7.34. The Morgan fingerprint density at radius 2 is 2.40 bits per heavy atom. The smallest absolute Gasteiger partial charge is 0.114 e. The fourth-order valence-corrected chi connectivity index (χ4v) is 4.43. The molecule has 4 heteroatoms. The van der Waals surface area contributed by atoms with E-state index in [1.807, 2.05) is 18.0 Å². The van der Waals surface area contributed by atoms with Gasteiger partial charge in [-0.05, 0) is 20.3 Å². The van der Waals surface area contributed by atoms with E-state index < -0.39 is 0 Å². The SMILES string of the molecule is CC(C)NC1(c2nccs2)CSC(C)C1. The molecule has 0 aromatic carbocycles. The Kier molecular flexibility index (Phi) is 3.38. The fourth-order valence-electron chi connectivity index (χ4n) is 2.22. The maximum atomic E-state index is 4.50. The molecule has 0 spiro atoms. The molecule has 2 unspecified atom stereocenters. The Hall–Kier alpha value is -0.0600. The van der Waals surface area contributed by atoms with Crippen molar-refractivity contribution in [2.75, 3.05) is 5.75 Å². The van der Waals surface area contributed by atoms with Gasteiger partial charge >= 0.3 is 0 Å². The molecule has 1 saturated heterocycles. The maximum absolute atomic E-state index is 4.50. The lowest BCUT2D eigenvalue weighted by Gasteiger charge is -2.30. The first kappa shape index (κ1) is 11.4. The van der Waals surface area contributed by atoms with Crippen LogP contribution in [0, 0.1) is 0 Å². The molecule has 0 amide bonds. The second-order valence-corrected chi connectivity index (χ2v) is 6.87. The molecule has 15 heavy (non-hydrogen) atoms. The van der Waals surface area contributed by atoms with Gasteiger partial charge in [0.25, 0.3) is 0 Å². The second kappa shape index (κ2) is 4.44. The molecule has 0 saturated carbocycles. The van der Waals surface area contributed by atoms with Gasteiger partial charge in [0, 0.05) is 28.6 Å². The Labute approximate surface area is 99.9 Å². The van der Waals surface area contributed by atoms with Gasteiger partial charge in [0.15, 0.2) is 0 Å². The summed E-state index contributed by atoms with van der Waals surface area (Å²) in [6, 6.07) is 0.514. The number of thiazole rings is 1. The summed E-state index contributed by atoms with van der Waals surface area (Å²) in [5.41, 5.74) is 0.131. The van der Waals surface area contributed by atoms with Crippen molar-refractivity contribution in [3.63, 3.8) is 0 Å². The van der Waals surface area contributed by atoms with E-state index in [-0.39, 0.29) is 5.54 Å². The highest BCUT2D eigenvalue weighted by Gasteiger charge is 2.41. The van der Waals surface area contributed by atoms with Gasteiger partial charge < -0.3 is 5.32 Å². The molecular formula is C11H18N2S2. The van der Waals surface area contributed by atoms with Gasteiger partial charge in [-0.25, -0.2) is 4.98 Å². The van der Waals surface area contributed by atoms with Gasteiger partial charge in [0.2, 0.25) is 0 Å². The molecule has 84 valence electrons. The van der Waals surface area contributed by atoms with Crippen LogP contribution in [0.15, 0.2) is 11.6 Å². The molecular weight excluding hydrogens is 224 g/mol. The first-order valence-electron chi connectivity index (χ1n) is 5.42. The van der Waals surface area contributed by atoms with Crippen molar-refractivity contribution in [1.29, 1.82) is 0 Å². The average molecular weight is 242 g/mol. The van der Waals surface area contributed by atoms with E-state index in [1.54, 1.807) is 11.3 Å². The van der Waals surface area contributed by atoms with Crippen LogP contribution in [0.1, 0.15) is 32.2 Å². The largest absolute Gasteiger partial charge is 0.302 e. The molecule has 1 N–H and O–H groups in total. The predicted octanol–water partition coefficient (Wildman–Crippen LogP) is 2.86. The van der Waals surface area contributed by atoms with Gasteiger partial charge in [-0.3, -0.25) is 0 Å². The molecule has 2 atom stereocenters. The average Bonchev–Trinajstić information content (AvgIpc) is 2.74. The van der Waals surface area contributed by atoms with Gasteiger partial charge in [0.05, 0.1) is 5.54 Å². The van der Waals surface area contributed by atoms with E-state index in [0.717, 1.165) is 11.0 Å². The van der Waals surface area contributed by atoms with Crippen LogP contribution >= 0.6 is 23.1 Å². The summed E-state index contributed by atoms with van der Waals surface area (Å²) in [6.07, 6.45) is 3.11. The quantitative estimate of drug-likeness (QED) is 0.882. The van der Waals surface area contributed by atoms with E-state index >= 15 is 0 Å². The number of rotatable bonds is 3. The number of nitrogens with zero attached hydrogens (tertiary/aromatic N) is 1. The van der Waals surface area contributed by atoms with Crippen LogP contribution in [0.3, 0.4) is 0 Å². The summed E-state index contributed by atoms with van der Waals surface area (Å²) in [6.45, 7) is 6.73. The Morgan fingerprint density at radius 1 is 1.60 bits per heavy atom. The molecule has 1 aliphatic heterocycles. The Bertz CT molecular complexity index is 310. The molecule has 1 fully saturated rings. The summed E-state index contributed by atoms with van der Waals surface area (Å²) in [5.74, 6) is 1.15. The maximum Gasteiger partial charge on any atom is 0.114 e. The molecule has 1 aliphatic rings. The third-order valence-electron chi connectivity index (χ3n) is 2.66. The van der Waals surface area contributed by atoms with Crippen LogP contribution in [0.4, 0.5) is 0 Å². The molecule has 1 aromatic heterocycles. The van der Waals surface area contributed by atoms with Crippen molar-refractivity contribution < 1.29 is 0 Å². The van der Waals surface area contributed by atoms with Crippen LogP contribution in [0.5, 0.6) is 0 Å². The van der Waals surface area contributed by atoms with Crippen LogP contribution in [-0.2, 0) is 5.54 Å². The van der Waals surface area contributed by atoms with Gasteiger partial charge in [0.1, 0.15) is 5.01 Å². The standard InChI is InChI=1S/C11H18N2S2/c1-8(2)13-11(6-9(3)15-7-11)10-12-4-5-14-10/h4-5,8-9,13H,6-7H2,1-3H3. The van der Waals surface area contributed by atoms with Crippen LogP contribution in [0.25, 0.3) is 0 Å². The first-order chi connectivity index (χ1) is 7.12. The van der Waals surface area contributed by atoms with Crippen molar-refractivity contribution in [2.24, 2.45) is 0 Å². The van der Waals surface area contributed by atoms with Crippen molar-refractivity contribution in [3.8, 4) is 0 Å². The summed E-state index contributed by atoms with van der Waals surface area (Å²) in [5, 5.41) is 7.78. The van der Waals surface area contributed by atoms with Crippen molar-refractivity contribution >= 4 is 23.1 Å². The third-order valence-corrected chi connectivity index (χ3v) is 5.03. The van der Waals surface area contributed by atoms with Gasteiger partial charge in [-0.15, -0.1) is 11.3 Å². The van der Waals surface area contributed by atoms with Crippen LogP contribution < -0.4 is 5.32 Å². The molecule has 2 rings (SSSR count). The van der Waals surface area contributed by atoms with Crippen molar-refractivity contribution in [2.45, 2.75) is 44.0 Å². The number of aromatic nitrogens is 1. The lowest BCUT2D eigenvalue weighted by Crippen LogP contribution is -2.46.